The molecule has 0 aliphatic carbocycles. The molecule has 1 aliphatic heterocycles. The number of nitrogens with zero attached hydrogens (tertiary/aromatic N) is 2. The maximum absolute atomic E-state index is 13.0. The molecule has 2 N–H and O–H groups in total. The van der Waals surface area contributed by atoms with Gasteiger partial charge in [-0.1, -0.05) is 41.9 Å². The number of imide groups is 1. The first-order valence-corrected chi connectivity index (χ1v) is 11.5. The Morgan fingerprint density at radius 3 is 2.38 bits per heavy atom. The SMILES string of the molecule is CC(C)N(C)S(=O)(=O)c1ccc(Cl)c(C(=O)NN2C(=O)NC(C)(c3ccccc3)C2=O)c1. The number of carbonyl (C=O) groups excluding carboxylic acids is 3. The highest BCUT2D eigenvalue weighted by Gasteiger charge is 2.50. The summed E-state index contributed by atoms with van der Waals surface area (Å²) >= 11 is 6.12. The van der Waals surface area contributed by atoms with Crippen molar-refractivity contribution >= 4 is 39.5 Å². The van der Waals surface area contributed by atoms with E-state index < -0.39 is 33.4 Å². The van der Waals surface area contributed by atoms with Crippen molar-refractivity contribution in [3.05, 3.63) is 64.7 Å². The number of nitrogens with one attached hydrogen (secondary N) is 2. The fourth-order valence-electron chi connectivity index (χ4n) is 3.15. The van der Waals surface area contributed by atoms with Crippen LogP contribution in [0.5, 0.6) is 0 Å². The van der Waals surface area contributed by atoms with Gasteiger partial charge >= 0.3 is 6.03 Å². The molecule has 0 radical (unpaired) electrons. The first-order valence-electron chi connectivity index (χ1n) is 9.70. The third-order valence-corrected chi connectivity index (χ3v) is 7.70. The van der Waals surface area contributed by atoms with Gasteiger partial charge in [0, 0.05) is 13.1 Å². The zero-order valence-electron chi connectivity index (χ0n) is 17.9. The molecule has 2 aromatic rings. The Labute approximate surface area is 191 Å². The largest absolute Gasteiger partial charge is 0.344 e. The molecular formula is C21H23ClN4O5S. The summed E-state index contributed by atoms with van der Waals surface area (Å²) in [6.07, 6.45) is 0. The molecule has 3 rings (SSSR count). The zero-order valence-corrected chi connectivity index (χ0v) is 19.5. The quantitative estimate of drug-likeness (QED) is 0.619. The lowest BCUT2D eigenvalue weighted by atomic mass is 9.92. The van der Waals surface area contributed by atoms with Crippen LogP contribution >= 0.6 is 11.6 Å². The number of hydrogen-bond donors (Lipinski definition) is 2. The van der Waals surface area contributed by atoms with E-state index in [1.54, 1.807) is 44.2 Å². The van der Waals surface area contributed by atoms with Crippen molar-refractivity contribution < 1.29 is 22.8 Å². The van der Waals surface area contributed by atoms with Crippen LogP contribution in [0, 0.1) is 0 Å². The summed E-state index contributed by atoms with van der Waals surface area (Å²) in [6.45, 7) is 4.95. The molecule has 1 atom stereocenters. The highest BCUT2D eigenvalue weighted by atomic mass is 35.5. The van der Waals surface area contributed by atoms with Gasteiger partial charge in [-0.3, -0.25) is 15.0 Å². The molecule has 4 amide bonds. The number of sulfonamides is 1. The number of hydrogen-bond acceptors (Lipinski definition) is 5. The number of urea groups is 1. The maximum atomic E-state index is 13.0. The summed E-state index contributed by atoms with van der Waals surface area (Å²) in [5, 5.41) is 3.10. The van der Waals surface area contributed by atoms with E-state index in [9.17, 15) is 22.8 Å². The van der Waals surface area contributed by atoms with E-state index in [4.69, 9.17) is 11.6 Å². The minimum Gasteiger partial charge on any atom is -0.318 e. The van der Waals surface area contributed by atoms with Gasteiger partial charge in [0.05, 0.1) is 15.5 Å². The van der Waals surface area contributed by atoms with Crippen molar-refractivity contribution in [3.63, 3.8) is 0 Å². The van der Waals surface area contributed by atoms with E-state index in [1.165, 1.54) is 26.1 Å². The molecule has 1 unspecified atom stereocenters. The molecule has 170 valence electrons. The molecule has 11 heteroatoms. The van der Waals surface area contributed by atoms with Crippen LogP contribution in [0.25, 0.3) is 0 Å². The lowest BCUT2D eigenvalue weighted by molar-refractivity contribution is -0.132. The molecule has 0 spiro atoms. The Morgan fingerprint density at radius 2 is 1.78 bits per heavy atom. The Balaban J connectivity index is 1.89. The fourth-order valence-corrected chi connectivity index (χ4v) is 4.75. The van der Waals surface area contributed by atoms with Gasteiger partial charge in [0.15, 0.2) is 0 Å². The van der Waals surface area contributed by atoms with Crippen LogP contribution in [-0.4, -0.2) is 48.7 Å². The van der Waals surface area contributed by atoms with Gasteiger partial charge in [-0.2, -0.15) is 9.31 Å². The van der Waals surface area contributed by atoms with Crippen molar-refractivity contribution in [1.29, 1.82) is 0 Å². The number of halogens is 1. The number of amides is 4. The molecule has 1 aliphatic rings. The second-order valence-corrected chi connectivity index (χ2v) is 10.2. The van der Waals surface area contributed by atoms with E-state index in [-0.39, 0.29) is 21.5 Å². The predicted octanol–water partition coefficient (Wildman–Crippen LogP) is 2.48. The third kappa shape index (κ3) is 4.08. The summed E-state index contributed by atoms with van der Waals surface area (Å²) in [5.41, 5.74) is 1.20. The Morgan fingerprint density at radius 1 is 1.16 bits per heavy atom. The molecule has 1 saturated heterocycles. The van der Waals surface area contributed by atoms with E-state index >= 15 is 0 Å². The number of hydrazine groups is 1. The van der Waals surface area contributed by atoms with Crippen LogP contribution in [0.4, 0.5) is 4.79 Å². The van der Waals surface area contributed by atoms with Crippen LogP contribution in [0.2, 0.25) is 5.02 Å². The second kappa shape index (κ2) is 8.53. The summed E-state index contributed by atoms with van der Waals surface area (Å²) in [6, 6.07) is 11.1. The summed E-state index contributed by atoms with van der Waals surface area (Å²) in [4.78, 5) is 38.2. The molecule has 1 fully saturated rings. The van der Waals surface area contributed by atoms with Gasteiger partial charge in [0.25, 0.3) is 11.8 Å². The first-order chi connectivity index (χ1) is 14.9. The summed E-state index contributed by atoms with van der Waals surface area (Å²) < 4.78 is 26.7. The van der Waals surface area contributed by atoms with Gasteiger partial charge in [0.1, 0.15) is 5.54 Å². The van der Waals surface area contributed by atoms with Crippen molar-refractivity contribution in [2.45, 2.75) is 37.2 Å². The molecule has 0 bridgehead atoms. The standard InChI is InChI=1S/C21H23ClN4O5S/c1-13(2)25(4)32(30,31)15-10-11-17(22)16(12-15)18(27)24-26-19(28)21(3,23-20(26)29)14-8-6-5-7-9-14/h5-13H,1-4H3,(H,23,29)(H,24,27). The maximum Gasteiger partial charge on any atom is 0.344 e. The summed E-state index contributed by atoms with van der Waals surface area (Å²) in [7, 11) is -2.46. The number of benzene rings is 2. The van der Waals surface area contributed by atoms with Crippen molar-refractivity contribution in [2.24, 2.45) is 0 Å². The lowest BCUT2D eigenvalue weighted by Crippen LogP contribution is -2.48. The van der Waals surface area contributed by atoms with E-state index in [0.29, 0.717) is 10.6 Å². The minimum atomic E-state index is -3.88. The van der Waals surface area contributed by atoms with Crippen molar-refractivity contribution in [2.75, 3.05) is 7.05 Å². The normalized spacial score (nSPS) is 18.9. The fraction of sp³-hybridized carbons (Fsp3) is 0.286. The predicted molar refractivity (Wildman–Crippen MR) is 118 cm³/mol. The van der Waals surface area contributed by atoms with Gasteiger partial charge in [0.2, 0.25) is 10.0 Å². The first kappa shape index (κ1) is 23.7. The zero-order chi connectivity index (χ0) is 23.8. The smallest absolute Gasteiger partial charge is 0.318 e. The second-order valence-electron chi connectivity index (χ2n) is 7.76. The molecule has 0 aromatic heterocycles. The molecule has 1 heterocycles. The monoisotopic (exact) mass is 478 g/mol. The average Bonchev–Trinajstić information content (AvgIpc) is 2.97. The van der Waals surface area contributed by atoms with Crippen LogP contribution in [0.3, 0.4) is 0 Å². The molecule has 0 saturated carbocycles. The number of carbonyl (C=O) groups is 3. The van der Waals surface area contributed by atoms with Crippen molar-refractivity contribution in [3.8, 4) is 0 Å². The van der Waals surface area contributed by atoms with Crippen LogP contribution in [0.15, 0.2) is 53.4 Å². The molecular weight excluding hydrogens is 456 g/mol. The highest BCUT2D eigenvalue weighted by molar-refractivity contribution is 7.89. The lowest BCUT2D eigenvalue weighted by Gasteiger charge is -2.22. The van der Waals surface area contributed by atoms with Crippen LogP contribution in [-0.2, 0) is 20.4 Å². The topological polar surface area (TPSA) is 116 Å². The molecule has 32 heavy (non-hydrogen) atoms. The minimum absolute atomic E-state index is 0.0356. The average molecular weight is 479 g/mol. The van der Waals surface area contributed by atoms with Crippen LogP contribution in [0.1, 0.15) is 36.7 Å². The molecule has 2 aromatic carbocycles. The van der Waals surface area contributed by atoms with Gasteiger partial charge in [-0.25, -0.2) is 13.2 Å². The van der Waals surface area contributed by atoms with E-state index in [1.807, 2.05) is 0 Å². The highest BCUT2D eigenvalue weighted by Crippen LogP contribution is 2.28. The van der Waals surface area contributed by atoms with Gasteiger partial charge in [-0.05, 0) is 44.5 Å². The van der Waals surface area contributed by atoms with E-state index in [0.717, 1.165) is 10.4 Å². The van der Waals surface area contributed by atoms with Crippen LogP contribution < -0.4 is 10.7 Å². The Bertz CT molecular complexity index is 1190. The van der Waals surface area contributed by atoms with E-state index in [2.05, 4.69) is 10.7 Å². The third-order valence-electron chi connectivity index (χ3n) is 5.34. The molecule has 9 nitrogen and oxygen atoms in total. The van der Waals surface area contributed by atoms with Crippen molar-refractivity contribution in [1.82, 2.24) is 20.1 Å². The van der Waals surface area contributed by atoms with Gasteiger partial charge in [-0.15, -0.1) is 0 Å². The van der Waals surface area contributed by atoms with Gasteiger partial charge < -0.3 is 5.32 Å². The Kier molecular flexibility index (Phi) is 6.32. The number of rotatable bonds is 6. The summed E-state index contributed by atoms with van der Waals surface area (Å²) in [5.74, 6) is -1.60. The Hall–Kier alpha value is -2.95.